The van der Waals surface area contributed by atoms with Crippen molar-refractivity contribution < 1.29 is 0 Å². The van der Waals surface area contributed by atoms with E-state index < -0.39 is 18.8 Å². The monoisotopic (exact) mass is 338 g/mol. The summed E-state index contributed by atoms with van der Waals surface area (Å²) in [5.41, 5.74) is -0.229. The highest BCUT2D eigenvalue weighted by Gasteiger charge is 2.19. The van der Waals surface area contributed by atoms with Gasteiger partial charge in [-0.05, 0) is 24.3 Å². The van der Waals surface area contributed by atoms with Gasteiger partial charge in [0.25, 0.3) is 11.1 Å². The van der Waals surface area contributed by atoms with E-state index in [0.29, 0.717) is 5.69 Å². The number of fused-ring (bicyclic) bond motifs is 2. The summed E-state index contributed by atoms with van der Waals surface area (Å²) in [6.07, 6.45) is 0. The third-order valence-electron chi connectivity index (χ3n) is 4.11. The molecule has 4 rings (SSSR count). The third kappa shape index (κ3) is 1.90. The van der Waals surface area contributed by atoms with Gasteiger partial charge < -0.3 is 5.09 Å². The van der Waals surface area contributed by atoms with Crippen molar-refractivity contribution in [2.75, 3.05) is 5.09 Å². The molecular formula is C17H11N2O4P. The minimum absolute atomic E-state index is 0.180. The molecule has 24 heavy (non-hydrogen) atoms. The summed E-state index contributed by atoms with van der Waals surface area (Å²) in [7, 11) is -0.402. The number of hydrogen-bond acceptors (Lipinski definition) is 5. The molecule has 0 unspecified atom stereocenters. The molecule has 0 aliphatic carbocycles. The van der Waals surface area contributed by atoms with Crippen LogP contribution in [0.25, 0.3) is 21.5 Å². The molecule has 0 fully saturated rings. The molecule has 0 radical (unpaired) electrons. The molecule has 0 aliphatic heterocycles. The molecule has 0 atom stereocenters. The number of nitrogens with one attached hydrogen (secondary N) is 1. The van der Waals surface area contributed by atoms with Crippen molar-refractivity contribution in [3.63, 3.8) is 0 Å². The molecule has 0 saturated heterocycles. The molecule has 7 heteroatoms. The summed E-state index contributed by atoms with van der Waals surface area (Å²) in [4.78, 5) is 49.4. The Labute approximate surface area is 135 Å². The Kier molecular flexibility index (Phi) is 3.05. The van der Waals surface area contributed by atoms with Gasteiger partial charge >= 0.3 is 0 Å². The summed E-state index contributed by atoms with van der Waals surface area (Å²) in [5.74, 6) is 0. The zero-order valence-corrected chi connectivity index (χ0v) is 13.5. The molecule has 4 aromatic rings. The summed E-state index contributed by atoms with van der Waals surface area (Å²) in [6, 6.07) is 11.7. The lowest BCUT2D eigenvalue weighted by molar-refractivity contribution is 0.856. The van der Waals surface area contributed by atoms with Gasteiger partial charge in [0.2, 0.25) is 10.3 Å². The first-order chi connectivity index (χ1) is 11.5. The number of para-hydroxylation sites is 1. The highest BCUT2D eigenvalue weighted by atomic mass is 31.1. The predicted octanol–water partition coefficient (Wildman–Crippen LogP) is 1.51. The van der Waals surface area contributed by atoms with E-state index in [-0.39, 0.29) is 31.9 Å². The molecule has 1 N–H and O–H groups in total. The Morgan fingerprint density at radius 1 is 0.792 bits per heavy atom. The van der Waals surface area contributed by atoms with Gasteiger partial charge in [-0.1, -0.05) is 18.2 Å². The van der Waals surface area contributed by atoms with Crippen LogP contribution in [0, 0.1) is 0 Å². The van der Waals surface area contributed by atoms with Crippen molar-refractivity contribution in [1.29, 1.82) is 0 Å². The average Bonchev–Trinajstić information content (AvgIpc) is 2.96. The summed E-state index contributed by atoms with van der Waals surface area (Å²) in [5, 5.41) is 3.11. The van der Waals surface area contributed by atoms with Gasteiger partial charge in [0, 0.05) is 23.5 Å². The van der Waals surface area contributed by atoms with E-state index in [1.165, 1.54) is 19.2 Å². The van der Waals surface area contributed by atoms with Crippen LogP contribution in [0.2, 0.25) is 0 Å². The normalized spacial score (nSPS) is 11.4. The van der Waals surface area contributed by atoms with Crippen molar-refractivity contribution in [1.82, 2.24) is 4.57 Å². The van der Waals surface area contributed by atoms with Crippen molar-refractivity contribution in [2.45, 2.75) is 0 Å². The number of benzene rings is 2. The van der Waals surface area contributed by atoms with Crippen LogP contribution >= 0.6 is 7.68 Å². The minimum Gasteiger partial charge on any atom is -0.336 e. The quantitative estimate of drug-likeness (QED) is 0.599. The Hall–Kier alpha value is -2.98. The first kappa shape index (κ1) is 14.6. The number of hydrogen-bond donors (Lipinski definition) is 1. The van der Waals surface area contributed by atoms with Gasteiger partial charge in [-0.15, -0.1) is 0 Å². The third-order valence-corrected chi connectivity index (χ3v) is 5.89. The van der Waals surface area contributed by atoms with Gasteiger partial charge in [0.15, 0.2) is 0 Å². The lowest BCUT2D eigenvalue weighted by Gasteiger charge is -2.01. The highest BCUT2D eigenvalue weighted by Crippen LogP contribution is 2.25. The predicted molar refractivity (Wildman–Crippen MR) is 96.0 cm³/mol. The van der Waals surface area contributed by atoms with Gasteiger partial charge in [0.05, 0.1) is 18.5 Å². The molecule has 118 valence electrons. The summed E-state index contributed by atoms with van der Waals surface area (Å²) < 4.78 is 0.986. The molecule has 0 saturated carbocycles. The molecule has 0 amide bonds. The minimum atomic E-state index is -1.78. The van der Waals surface area contributed by atoms with Crippen LogP contribution < -0.4 is 26.5 Å². The van der Waals surface area contributed by atoms with Crippen LogP contribution in [0.4, 0.5) is 5.69 Å². The Bertz CT molecular complexity index is 1230. The van der Waals surface area contributed by atoms with Crippen LogP contribution in [0.3, 0.4) is 0 Å². The second-order valence-corrected chi connectivity index (χ2v) is 7.24. The molecular weight excluding hydrogens is 327 g/mol. The lowest BCUT2D eigenvalue weighted by atomic mass is 10.1. The first-order valence-corrected chi connectivity index (χ1v) is 8.54. The van der Waals surface area contributed by atoms with Crippen LogP contribution in [0.15, 0.2) is 61.6 Å². The van der Waals surface area contributed by atoms with E-state index in [0.717, 1.165) is 4.57 Å². The summed E-state index contributed by atoms with van der Waals surface area (Å²) in [6.45, 7) is 0. The van der Waals surface area contributed by atoms with Gasteiger partial charge in [-0.3, -0.25) is 23.7 Å². The van der Waals surface area contributed by atoms with Crippen LogP contribution in [0.1, 0.15) is 0 Å². The average molecular weight is 338 g/mol. The van der Waals surface area contributed by atoms with Crippen molar-refractivity contribution in [3.8, 4) is 0 Å². The maximum atomic E-state index is 12.6. The molecule has 0 bridgehead atoms. The number of rotatable bonds is 2. The van der Waals surface area contributed by atoms with E-state index in [1.54, 1.807) is 24.3 Å². The Morgan fingerprint density at radius 3 is 1.79 bits per heavy atom. The van der Waals surface area contributed by atoms with E-state index in [9.17, 15) is 19.2 Å². The second-order valence-electron chi connectivity index (χ2n) is 5.54. The highest BCUT2D eigenvalue weighted by molar-refractivity contribution is 7.50. The van der Waals surface area contributed by atoms with Crippen LogP contribution in [0.5, 0.6) is 0 Å². The maximum absolute atomic E-state index is 12.6. The standard InChI is InChI=1S/C17H11N2O4P/c1-19-14(20)10-7-12-13(8-11(10)15(19)21)17(23)24(16(12)22)18-9-5-3-2-4-6-9/h2-8,18H,1H3. The topological polar surface area (TPSA) is 85.2 Å². The van der Waals surface area contributed by atoms with E-state index in [1.807, 2.05) is 6.07 Å². The lowest BCUT2D eigenvalue weighted by Crippen LogP contribution is -2.20. The van der Waals surface area contributed by atoms with Crippen molar-refractivity contribution >= 4 is 34.9 Å². The molecule has 0 spiro atoms. The fraction of sp³-hybridized carbons (Fsp3) is 0.0588. The van der Waals surface area contributed by atoms with Crippen molar-refractivity contribution in [3.05, 3.63) is 83.1 Å². The molecule has 2 aromatic carbocycles. The van der Waals surface area contributed by atoms with E-state index in [2.05, 4.69) is 5.09 Å². The van der Waals surface area contributed by atoms with Gasteiger partial charge in [-0.25, -0.2) is 0 Å². The maximum Gasteiger partial charge on any atom is 0.261 e. The zero-order chi connectivity index (χ0) is 17.0. The summed E-state index contributed by atoms with van der Waals surface area (Å²) >= 11 is 0. The van der Waals surface area contributed by atoms with E-state index >= 15 is 0 Å². The van der Waals surface area contributed by atoms with Gasteiger partial charge in [-0.2, -0.15) is 0 Å². The fourth-order valence-electron chi connectivity index (χ4n) is 2.84. The molecule has 6 nitrogen and oxygen atoms in total. The van der Waals surface area contributed by atoms with Crippen molar-refractivity contribution in [2.24, 2.45) is 7.05 Å². The van der Waals surface area contributed by atoms with Crippen LogP contribution in [-0.4, -0.2) is 4.57 Å². The second kappa shape index (κ2) is 5.01. The largest absolute Gasteiger partial charge is 0.336 e. The molecule has 2 aromatic heterocycles. The zero-order valence-electron chi connectivity index (χ0n) is 12.6. The van der Waals surface area contributed by atoms with E-state index in [4.69, 9.17) is 0 Å². The SMILES string of the molecule is Cn1c(=O)c2cc3c(=O)p(Nc4ccccc4)c(=O)c3cc2c1=O. The molecule has 0 aliphatic rings. The number of anilines is 1. The van der Waals surface area contributed by atoms with Gasteiger partial charge in [0.1, 0.15) is 0 Å². The Balaban J connectivity index is 2.05. The Morgan fingerprint density at radius 2 is 1.29 bits per heavy atom. The number of aromatic nitrogens is 1. The smallest absolute Gasteiger partial charge is 0.261 e. The fourth-order valence-corrected chi connectivity index (χ4v) is 4.48. The first-order valence-electron chi connectivity index (χ1n) is 7.20. The van der Waals surface area contributed by atoms with Crippen LogP contribution in [-0.2, 0) is 7.05 Å². The molecule has 2 heterocycles. The number of nitrogens with zero attached hydrogens (tertiary/aromatic N) is 1.